The molecule has 0 saturated carbocycles. The number of aryl methyl sites for hydroxylation is 1. The molecule has 0 aliphatic heterocycles. The minimum atomic E-state index is 0.532. The number of fused-ring (bicyclic) bond motifs is 1. The second-order valence-electron chi connectivity index (χ2n) is 7.42. The molecule has 0 radical (unpaired) electrons. The van der Waals surface area contributed by atoms with Crippen molar-refractivity contribution in [2.45, 2.75) is 6.92 Å². The second-order valence-corrected chi connectivity index (χ2v) is 7.83. The smallest absolute Gasteiger partial charge is 0.142 e. The van der Waals surface area contributed by atoms with Crippen LogP contribution in [0.4, 0.5) is 11.5 Å². The number of aromatic nitrogens is 3. The standard InChI is InChI=1S/C26H21ClN4O/c1-17-25-23(31(30-17)20-11-7-4-8-12-20)16-22(18-9-5-3-6-10-18)29-26(25)28-19-13-14-24(32-2)21(27)15-19/h3-16H,1-2H3,(H,28,29). The lowest BCUT2D eigenvalue weighted by atomic mass is 10.1. The lowest BCUT2D eigenvalue weighted by Crippen LogP contribution is -1.99. The van der Waals surface area contributed by atoms with Gasteiger partial charge in [-0.1, -0.05) is 60.1 Å². The molecule has 0 bridgehead atoms. The van der Waals surface area contributed by atoms with Crippen LogP contribution in [0.3, 0.4) is 0 Å². The van der Waals surface area contributed by atoms with Gasteiger partial charge in [-0.2, -0.15) is 5.10 Å². The molecule has 0 aliphatic carbocycles. The lowest BCUT2D eigenvalue weighted by molar-refractivity contribution is 0.415. The topological polar surface area (TPSA) is 52.0 Å². The van der Waals surface area contributed by atoms with Crippen molar-refractivity contribution in [1.82, 2.24) is 14.8 Å². The summed E-state index contributed by atoms with van der Waals surface area (Å²) in [5, 5.41) is 9.77. The van der Waals surface area contributed by atoms with Crippen LogP contribution in [0.2, 0.25) is 5.02 Å². The van der Waals surface area contributed by atoms with Crippen molar-refractivity contribution < 1.29 is 4.74 Å². The summed E-state index contributed by atoms with van der Waals surface area (Å²) in [4.78, 5) is 4.97. The molecule has 5 aromatic rings. The van der Waals surface area contributed by atoms with E-state index < -0.39 is 0 Å². The van der Waals surface area contributed by atoms with Crippen LogP contribution in [-0.4, -0.2) is 21.9 Å². The number of nitrogens with one attached hydrogen (secondary N) is 1. The third-order valence-electron chi connectivity index (χ3n) is 5.32. The van der Waals surface area contributed by atoms with E-state index in [1.165, 1.54) is 0 Å². The maximum atomic E-state index is 6.35. The highest BCUT2D eigenvalue weighted by Gasteiger charge is 2.17. The van der Waals surface area contributed by atoms with Crippen molar-refractivity contribution in [3.63, 3.8) is 0 Å². The van der Waals surface area contributed by atoms with E-state index in [0.717, 1.165) is 45.0 Å². The van der Waals surface area contributed by atoms with E-state index >= 15 is 0 Å². The number of methoxy groups -OCH3 is 1. The fraction of sp³-hybridized carbons (Fsp3) is 0.0769. The first-order chi connectivity index (χ1) is 15.6. The molecule has 0 aliphatic rings. The Morgan fingerprint density at radius 2 is 1.62 bits per heavy atom. The highest BCUT2D eigenvalue weighted by molar-refractivity contribution is 6.32. The van der Waals surface area contributed by atoms with E-state index in [-0.39, 0.29) is 0 Å². The first-order valence-electron chi connectivity index (χ1n) is 10.3. The molecule has 5 nitrogen and oxygen atoms in total. The molecular weight excluding hydrogens is 420 g/mol. The first-order valence-corrected chi connectivity index (χ1v) is 10.6. The number of nitrogens with zero attached hydrogens (tertiary/aromatic N) is 3. The number of anilines is 2. The van der Waals surface area contributed by atoms with Gasteiger partial charge >= 0.3 is 0 Å². The first kappa shape index (κ1) is 20.1. The second kappa shape index (κ2) is 8.36. The summed E-state index contributed by atoms with van der Waals surface area (Å²) < 4.78 is 7.24. The van der Waals surface area contributed by atoms with Gasteiger partial charge in [-0.05, 0) is 43.3 Å². The van der Waals surface area contributed by atoms with Gasteiger partial charge in [0.05, 0.1) is 40.1 Å². The summed E-state index contributed by atoms with van der Waals surface area (Å²) in [5.41, 5.74) is 5.57. The van der Waals surface area contributed by atoms with Gasteiger partial charge in [0, 0.05) is 11.3 Å². The average Bonchev–Trinajstić information content (AvgIpc) is 3.17. The zero-order valence-corrected chi connectivity index (χ0v) is 18.5. The third-order valence-corrected chi connectivity index (χ3v) is 5.62. The highest BCUT2D eigenvalue weighted by atomic mass is 35.5. The number of hydrogen-bond donors (Lipinski definition) is 1. The zero-order chi connectivity index (χ0) is 22.1. The van der Waals surface area contributed by atoms with Crippen LogP contribution >= 0.6 is 11.6 Å². The fourth-order valence-electron chi connectivity index (χ4n) is 3.80. The van der Waals surface area contributed by atoms with Gasteiger partial charge in [0.1, 0.15) is 11.6 Å². The monoisotopic (exact) mass is 440 g/mol. The molecule has 0 atom stereocenters. The number of halogens is 1. The number of benzene rings is 3. The average molecular weight is 441 g/mol. The zero-order valence-electron chi connectivity index (χ0n) is 17.7. The molecular formula is C26H21ClN4O. The molecule has 1 N–H and O–H groups in total. The number of rotatable bonds is 5. The van der Waals surface area contributed by atoms with Crippen LogP contribution in [-0.2, 0) is 0 Å². The molecule has 2 aromatic heterocycles. The van der Waals surface area contributed by atoms with E-state index in [4.69, 9.17) is 26.4 Å². The molecule has 0 spiro atoms. The van der Waals surface area contributed by atoms with E-state index in [1.807, 2.05) is 78.3 Å². The quantitative estimate of drug-likeness (QED) is 0.326. The number of para-hydroxylation sites is 1. The number of ether oxygens (including phenoxy) is 1. The molecule has 5 rings (SSSR count). The summed E-state index contributed by atoms with van der Waals surface area (Å²) in [6.07, 6.45) is 0. The third kappa shape index (κ3) is 3.67. The molecule has 0 saturated heterocycles. The Bertz CT molecular complexity index is 1400. The maximum Gasteiger partial charge on any atom is 0.142 e. The summed E-state index contributed by atoms with van der Waals surface area (Å²) >= 11 is 6.35. The lowest BCUT2D eigenvalue weighted by Gasteiger charge is -2.12. The Labute approximate surface area is 191 Å². The molecule has 6 heteroatoms. The van der Waals surface area contributed by atoms with Gasteiger partial charge in [-0.15, -0.1) is 0 Å². The Morgan fingerprint density at radius 3 is 2.31 bits per heavy atom. The van der Waals surface area contributed by atoms with Crippen LogP contribution in [0.1, 0.15) is 5.69 Å². The van der Waals surface area contributed by atoms with Crippen molar-refractivity contribution in [2.24, 2.45) is 0 Å². The Hall–Kier alpha value is -3.83. The van der Waals surface area contributed by atoms with Crippen LogP contribution in [0.5, 0.6) is 5.75 Å². The predicted octanol–water partition coefficient (Wildman–Crippen LogP) is 6.80. The van der Waals surface area contributed by atoms with Crippen LogP contribution < -0.4 is 10.1 Å². The maximum absolute atomic E-state index is 6.35. The number of pyridine rings is 1. The van der Waals surface area contributed by atoms with Crippen molar-refractivity contribution in [3.8, 4) is 22.7 Å². The van der Waals surface area contributed by atoms with Crippen molar-refractivity contribution >= 4 is 34.0 Å². The van der Waals surface area contributed by atoms with Crippen LogP contribution in [0.25, 0.3) is 27.8 Å². The molecule has 0 fully saturated rings. The minimum absolute atomic E-state index is 0.532. The largest absolute Gasteiger partial charge is 0.495 e. The Morgan fingerprint density at radius 1 is 0.906 bits per heavy atom. The van der Waals surface area contributed by atoms with E-state index in [1.54, 1.807) is 7.11 Å². The Kier molecular flexibility index (Phi) is 5.25. The number of hydrogen-bond acceptors (Lipinski definition) is 4. The Balaban J connectivity index is 1.72. The molecule has 2 heterocycles. The summed E-state index contributed by atoms with van der Waals surface area (Å²) in [7, 11) is 1.60. The molecule has 32 heavy (non-hydrogen) atoms. The highest BCUT2D eigenvalue weighted by Crippen LogP contribution is 2.35. The predicted molar refractivity (Wildman–Crippen MR) is 130 cm³/mol. The van der Waals surface area contributed by atoms with Gasteiger partial charge in [-0.3, -0.25) is 0 Å². The molecule has 158 valence electrons. The van der Waals surface area contributed by atoms with E-state index in [2.05, 4.69) is 23.5 Å². The minimum Gasteiger partial charge on any atom is -0.495 e. The van der Waals surface area contributed by atoms with E-state index in [9.17, 15) is 0 Å². The summed E-state index contributed by atoms with van der Waals surface area (Å²) in [5.74, 6) is 1.35. The summed E-state index contributed by atoms with van der Waals surface area (Å²) in [6, 6.07) is 27.9. The van der Waals surface area contributed by atoms with Crippen LogP contribution in [0.15, 0.2) is 84.9 Å². The summed E-state index contributed by atoms with van der Waals surface area (Å²) in [6.45, 7) is 2.00. The van der Waals surface area contributed by atoms with Gasteiger partial charge in [0.15, 0.2) is 0 Å². The van der Waals surface area contributed by atoms with Gasteiger partial charge in [0.25, 0.3) is 0 Å². The van der Waals surface area contributed by atoms with E-state index in [0.29, 0.717) is 10.8 Å². The van der Waals surface area contributed by atoms with Gasteiger partial charge in [0.2, 0.25) is 0 Å². The fourth-order valence-corrected chi connectivity index (χ4v) is 4.06. The van der Waals surface area contributed by atoms with Gasteiger partial charge < -0.3 is 10.1 Å². The molecule has 0 amide bonds. The van der Waals surface area contributed by atoms with Crippen molar-refractivity contribution in [2.75, 3.05) is 12.4 Å². The van der Waals surface area contributed by atoms with Crippen LogP contribution in [0, 0.1) is 6.92 Å². The molecule has 0 unspecified atom stereocenters. The normalized spacial score (nSPS) is 11.0. The van der Waals surface area contributed by atoms with Crippen molar-refractivity contribution in [3.05, 3.63) is 95.6 Å². The SMILES string of the molecule is COc1ccc(Nc2nc(-c3ccccc3)cc3c2c(C)nn3-c2ccccc2)cc1Cl. The van der Waals surface area contributed by atoms with Gasteiger partial charge in [-0.25, -0.2) is 9.67 Å². The molecule has 3 aromatic carbocycles. The van der Waals surface area contributed by atoms with Crippen molar-refractivity contribution in [1.29, 1.82) is 0 Å².